The van der Waals surface area contributed by atoms with Crippen LogP contribution in [0.4, 0.5) is 11.4 Å². The van der Waals surface area contributed by atoms with Crippen LogP contribution in [0, 0.1) is 0 Å². The minimum absolute atomic E-state index is 0.000666. The molecule has 0 radical (unpaired) electrons. The Bertz CT molecular complexity index is 3570. The smallest absolute Gasteiger partial charge is 0.164 e. The van der Waals surface area contributed by atoms with Crippen LogP contribution in [-0.2, 0) is 13.0 Å². The number of para-hydroxylation sites is 2. The van der Waals surface area contributed by atoms with Gasteiger partial charge in [-0.05, 0) is 46.2 Å². The van der Waals surface area contributed by atoms with E-state index in [2.05, 4.69) is 0 Å². The van der Waals surface area contributed by atoms with Crippen LogP contribution in [-0.4, -0.2) is 15.0 Å². The Morgan fingerprint density at radius 2 is 1.26 bits per heavy atom. The fourth-order valence-corrected chi connectivity index (χ4v) is 6.35. The normalized spacial score (nSPS) is 16.8. The molecule has 9 aromatic rings. The standard InChI is InChI=1S/C45H30N4O/c1-3-14-31(15-4-1)43-46-44(32-16-5-2-6-17-32)48-45(47-43)37-25-29(26-40-41(37)36-20-10-12-22-39(36)50-40)28-49-38-21-11-8-18-33(38)27-34-24-23-30-13-7-9-19-35(30)42(34)49/h1-26H,27-28H2/i7D,8D,9D,10D,11D,12D,13D,18D,19D,20D,21D,22D,23D,24D,25D,26D. The Morgan fingerprint density at radius 1 is 0.600 bits per heavy atom. The highest BCUT2D eigenvalue weighted by Crippen LogP contribution is 2.45. The lowest BCUT2D eigenvalue weighted by Gasteiger charge is -2.34. The van der Waals surface area contributed by atoms with Gasteiger partial charge < -0.3 is 9.32 Å². The average Bonchev–Trinajstić information content (AvgIpc) is 3.73. The van der Waals surface area contributed by atoms with Gasteiger partial charge in [-0.15, -0.1) is 0 Å². The van der Waals surface area contributed by atoms with Crippen LogP contribution >= 0.6 is 0 Å². The van der Waals surface area contributed by atoms with E-state index < -0.39 is 103 Å². The summed E-state index contributed by atoms with van der Waals surface area (Å²) < 4.78 is 150. The summed E-state index contributed by atoms with van der Waals surface area (Å²) in [5.74, 6) is 0.188. The Balaban J connectivity index is 1.36. The van der Waals surface area contributed by atoms with E-state index in [-0.39, 0.29) is 90.2 Å². The average molecular weight is 659 g/mol. The molecule has 1 aliphatic heterocycles. The Labute approximate surface area is 311 Å². The van der Waals surface area contributed by atoms with Gasteiger partial charge in [0.15, 0.2) is 17.5 Å². The van der Waals surface area contributed by atoms with E-state index in [4.69, 9.17) is 35.8 Å². The number of furan rings is 1. The number of hydrogen-bond acceptors (Lipinski definition) is 5. The molecule has 236 valence electrons. The maximum Gasteiger partial charge on any atom is 0.164 e. The van der Waals surface area contributed by atoms with Gasteiger partial charge in [-0.25, -0.2) is 15.0 Å². The Kier molecular flexibility index (Phi) is 3.85. The third kappa shape index (κ3) is 4.74. The molecular formula is C45H30N4O. The molecule has 2 aromatic heterocycles. The SMILES string of the molecule is [2H]c1c([2H])c([2H])c2c(c1[2H])Cc1c([2H])c([2H])c3c([2H])c([2H])c([2H])c([2H])c3c1N2Cc1c([2H])c(-c2nc(-c3ccccc3)nc(-c3ccccc3)n2)c2c(oc3c([2H])c([2H])c([2H])c([2H])c32)c1[2H]. The van der Waals surface area contributed by atoms with Gasteiger partial charge in [-0.1, -0.05) is 133 Å². The Morgan fingerprint density at radius 3 is 2.04 bits per heavy atom. The lowest BCUT2D eigenvalue weighted by atomic mass is 9.91. The molecule has 0 saturated heterocycles. The first-order valence-electron chi connectivity index (χ1n) is 23.6. The number of nitrogens with zero attached hydrogens (tertiary/aromatic N) is 4. The van der Waals surface area contributed by atoms with Gasteiger partial charge in [-0.2, -0.15) is 0 Å². The fourth-order valence-electron chi connectivity index (χ4n) is 6.35. The highest BCUT2D eigenvalue weighted by atomic mass is 16.3. The molecule has 0 fully saturated rings. The fraction of sp³-hybridized carbons (Fsp3) is 0.0444. The lowest BCUT2D eigenvalue weighted by molar-refractivity contribution is 0.668. The van der Waals surface area contributed by atoms with Crippen molar-refractivity contribution in [3.8, 4) is 34.2 Å². The second-order valence-electron chi connectivity index (χ2n) is 11.6. The molecule has 0 amide bonds. The van der Waals surface area contributed by atoms with Crippen molar-refractivity contribution in [1.29, 1.82) is 0 Å². The summed E-state index contributed by atoms with van der Waals surface area (Å²) >= 11 is 0. The van der Waals surface area contributed by atoms with Gasteiger partial charge >= 0.3 is 0 Å². The van der Waals surface area contributed by atoms with Crippen molar-refractivity contribution in [3.05, 3.63) is 174 Å². The van der Waals surface area contributed by atoms with E-state index in [9.17, 15) is 5.48 Å². The van der Waals surface area contributed by atoms with E-state index in [0.717, 1.165) is 0 Å². The van der Waals surface area contributed by atoms with E-state index >= 15 is 0 Å². The number of fused-ring (bicyclic) bond motifs is 7. The van der Waals surface area contributed by atoms with Crippen molar-refractivity contribution in [2.75, 3.05) is 4.90 Å². The van der Waals surface area contributed by atoms with Gasteiger partial charge in [-0.3, -0.25) is 0 Å². The molecule has 0 atom stereocenters. The van der Waals surface area contributed by atoms with Crippen LogP contribution in [0.15, 0.2) is 162 Å². The lowest BCUT2D eigenvalue weighted by Crippen LogP contribution is -2.23. The summed E-state index contributed by atoms with van der Waals surface area (Å²) in [6, 6.07) is 8.71. The van der Waals surface area contributed by atoms with Crippen LogP contribution in [0.25, 0.3) is 66.9 Å². The molecule has 0 spiro atoms. The number of benzene rings is 7. The molecule has 10 rings (SSSR count). The number of rotatable bonds is 5. The Hall–Kier alpha value is -6.59. The summed E-state index contributed by atoms with van der Waals surface area (Å²) in [4.78, 5) is 15.7. The summed E-state index contributed by atoms with van der Waals surface area (Å²) in [7, 11) is 0. The second kappa shape index (κ2) is 11.5. The zero-order valence-electron chi connectivity index (χ0n) is 41.9. The number of anilines is 2. The van der Waals surface area contributed by atoms with Gasteiger partial charge in [0.05, 0.1) is 27.6 Å². The van der Waals surface area contributed by atoms with Gasteiger partial charge in [0.25, 0.3) is 0 Å². The largest absolute Gasteiger partial charge is 0.456 e. The summed E-state index contributed by atoms with van der Waals surface area (Å²) in [5, 5.41) is -0.790. The summed E-state index contributed by atoms with van der Waals surface area (Å²) in [6.45, 7) is -0.647. The molecule has 0 saturated carbocycles. The molecule has 7 aromatic carbocycles. The van der Waals surface area contributed by atoms with E-state index in [1.165, 1.54) is 4.90 Å². The maximum atomic E-state index is 10.1. The van der Waals surface area contributed by atoms with Gasteiger partial charge in [0.2, 0.25) is 0 Å². The molecule has 5 nitrogen and oxygen atoms in total. The molecule has 0 N–H and O–H groups in total. The van der Waals surface area contributed by atoms with Crippen molar-refractivity contribution >= 4 is 44.1 Å². The summed E-state index contributed by atoms with van der Waals surface area (Å²) in [5.41, 5.74) is -0.133. The first-order valence-corrected chi connectivity index (χ1v) is 15.6. The summed E-state index contributed by atoms with van der Waals surface area (Å²) in [6.07, 6.45) is -0.338. The minimum Gasteiger partial charge on any atom is -0.456 e. The van der Waals surface area contributed by atoms with Crippen molar-refractivity contribution in [1.82, 2.24) is 15.0 Å². The van der Waals surface area contributed by atoms with Gasteiger partial charge in [0.1, 0.15) is 11.2 Å². The van der Waals surface area contributed by atoms with Crippen LogP contribution in [0.3, 0.4) is 0 Å². The number of hydrogen-bond donors (Lipinski definition) is 0. The molecule has 5 heteroatoms. The van der Waals surface area contributed by atoms with E-state index in [1.54, 1.807) is 60.7 Å². The first kappa shape index (κ1) is 16.7. The molecule has 0 aliphatic carbocycles. The topological polar surface area (TPSA) is 55.1 Å². The first-order chi connectivity index (χ1) is 31.4. The minimum atomic E-state index is -0.668. The maximum absolute atomic E-state index is 10.1. The molecule has 50 heavy (non-hydrogen) atoms. The van der Waals surface area contributed by atoms with Crippen molar-refractivity contribution < 1.29 is 26.3 Å². The predicted octanol–water partition coefficient (Wildman–Crippen LogP) is 11.2. The monoisotopic (exact) mass is 658 g/mol. The highest BCUT2D eigenvalue weighted by molar-refractivity contribution is 6.12. The molecular weight excluding hydrogens is 613 g/mol. The third-order valence-electron chi connectivity index (χ3n) is 8.55. The quantitative estimate of drug-likeness (QED) is 0.184. The molecule has 3 heterocycles. The van der Waals surface area contributed by atoms with E-state index in [0.29, 0.717) is 11.1 Å². The predicted molar refractivity (Wildman–Crippen MR) is 202 cm³/mol. The van der Waals surface area contributed by atoms with Crippen molar-refractivity contribution in [2.24, 2.45) is 0 Å². The van der Waals surface area contributed by atoms with Crippen molar-refractivity contribution in [3.63, 3.8) is 0 Å². The van der Waals surface area contributed by atoms with Crippen LogP contribution in [0.2, 0.25) is 0 Å². The third-order valence-corrected chi connectivity index (χ3v) is 8.55. The zero-order valence-corrected chi connectivity index (χ0v) is 25.9. The molecule has 1 aliphatic rings. The van der Waals surface area contributed by atoms with Crippen LogP contribution < -0.4 is 4.90 Å². The van der Waals surface area contributed by atoms with Crippen LogP contribution in [0.5, 0.6) is 0 Å². The second-order valence-corrected chi connectivity index (χ2v) is 11.6. The highest BCUT2D eigenvalue weighted by Gasteiger charge is 2.26. The molecule has 0 unspecified atom stereocenters. The van der Waals surface area contributed by atoms with Crippen molar-refractivity contribution in [2.45, 2.75) is 13.0 Å². The molecule has 0 bridgehead atoms. The van der Waals surface area contributed by atoms with Crippen LogP contribution in [0.1, 0.15) is 38.6 Å². The van der Waals surface area contributed by atoms with Gasteiger partial charge in [0, 0.05) is 51.5 Å². The van der Waals surface area contributed by atoms with E-state index in [1.807, 2.05) is 0 Å². The zero-order chi connectivity index (χ0) is 46.9. The number of aromatic nitrogens is 3.